The highest BCUT2D eigenvalue weighted by atomic mass is 16.2. The van der Waals surface area contributed by atoms with E-state index in [0.717, 1.165) is 27.7 Å². The van der Waals surface area contributed by atoms with Gasteiger partial charge in [0.15, 0.2) is 0 Å². The quantitative estimate of drug-likeness (QED) is 0.538. The third-order valence-electron chi connectivity index (χ3n) is 5.20. The fourth-order valence-corrected chi connectivity index (χ4v) is 3.68. The van der Waals surface area contributed by atoms with Crippen molar-refractivity contribution >= 4 is 34.1 Å². The third kappa shape index (κ3) is 3.39. The van der Waals surface area contributed by atoms with E-state index >= 15 is 0 Å². The molecule has 1 aliphatic heterocycles. The van der Waals surface area contributed by atoms with Gasteiger partial charge >= 0.3 is 0 Å². The van der Waals surface area contributed by atoms with E-state index in [-0.39, 0.29) is 11.8 Å². The minimum Gasteiger partial charge on any atom is -0.326 e. The molecule has 2 amide bonds. The number of rotatable bonds is 3. The van der Waals surface area contributed by atoms with Crippen LogP contribution in [0.2, 0.25) is 0 Å². The van der Waals surface area contributed by atoms with E-state index in [0.29, 0.717) is 29.8 Å². The molecule has 0 spiro atoms. The lowest BCUT2D eigenvalue weighted by atomic mass is 10.0. The SMILES string of the molecule is O=C1CCc2ccc(NC(=O)c3cc(-c4ccncc4)nc4ccccc34)cc2N1. The highest BCUT2D eigenvalue weighted by molar-refractivity contribution is 6.13. The van der Waals surface area contributed by atoms with Crippen LogP contribution in [0.3, 0.4) is 0 Å². The average molecular weight is 394 g/mol. The van der Waals surface area contributed by atoms with Crippen molar-refractivity contribution in [1.29, 1.82) is 0 Å². The summed E-state index contributed by atoms with van der Waals surface area (Å²) in [5, 5.41) is 6.61. The topological polar surface area (TPSA) is 84.0 Å². The molecule has 0 saturated carbocycles. The summed E-state index contributed by atoms with van der Waals surface area (Å²) >= 11 is 0. The van der Waals surface area contributed by atoms with Crippen LogP contribution in [0.1, 0.15) is 22.3 Å². The Morgan fingerprint density at radius 3 is 2.67 bits per heavy atom. The number of aromatic nitrogens is 2. The van der Waals surface area contributed by atoms with Gasteiger partial charge in [0.1, 0.15) is 0 Å². The molecule has 2 N–H and O–H groups in total. The van der Waals surface area contributed by atoms with Crippen LogP contribution in [0, 0.1) is 0 Å². The number of aryl methyl sites for hydroxylation is 1. The molecule has 2 aromatic carbocycles. The van der Waals surface area contributed by atoms with Crippen molar-refractivity contribution < 1.29 is 9.59 Å². The zero-order chi connectivity index (χ0) is 20.5. The Bertz CT molecular complexity index is 1290. The first-order chi connectivity index (χ1) is 14.7. The van der Waals surface area contributed by atoms with Crippen LogP contribution in [0.25, 0.3) is 22.2 Å². The summed E-state index contributed by atoms with van der Waals surface area (Å²) in [5.41, 5.74) is 5.33. The predicted octanol–water partition coefficient (Wildman–Crippen LogP) is 4.43. The average Bonchev–Trinajstić information content (AvgIpc) is 2.78. The number of nitrogens with one attached hydrogen (secondary N) is 2. The molecule has 6 nitrogen and oxygen atoms in total. The number of carbonyl (C=O) groups excluding carboxylic acids is 2. The van der Waals surface area contributed by atoms with Crippen molar-refractivity contribution in [2.75, 3.05) is 10.6 Å². The Balaban J connectivity index is 1.53. The minimum atomic E-state index is -0.231. The number of pyridine rings is 2. The Hall–Kier alpha value is -4.06. The Labute approximate surface area is 173 Å². The largest absolute Gasteiger partial charge is 0.326 e. The summed E-state index contributed by atoms with van der Waals surface area (Å²) < 4.78 is 0. The van der Waals surface area contributed by atoms with Crippen LogP contribution in [0.5, 0.6) is 0 Å². The number of hydrogen-bond donors (Lipinski definition) is 2. The summed E-state index contributed by atoms with van der Waals surface area (Å²) in [6.07, 6.45) is 4.60. The summed E-state index contributed by atoms with van der Waals surface area (Å²) in [4.78, 5) is 33.7. The number of fused-ring (bicyclic) bond motifs is 2. The number of anilines is 2. The molecule has 0 atom stereocenters. The van der Waals surface area contributed by atoms with E-state index in [1.807, 2.05) is 48.5 Å². The third-order valence-corrected chi connectivity index (χ3v) is 5.20. The predicted molar refractivity (Wildman–Crippen MR) is 116 cm³/mol. The maximum absolute atomic E-state index is 13.2. The zero-order valence-corrected chi connectivity index (χ0v) is 16.1. The van der Waals surface area contributed by atoms with Crippen LogP contribution >= 0.6 is 0 Å². The molecular weight excluding hydrogens is 376 g/mol. The standard InChI is InChI=1S/C24H18N4O2/c29-23-8-6-15-5-7-17(13-21(15)28-23)26-24(30)19-14-22(16-9-11-25-12-10-16)27-20-4-2-1-3-18(19)20/h1-5,7,9-14H,6,8H2,(H,26,30)(H,28,29). The van der Waals surface area contributed by atoms with Crippen LogP contribution in [0.4, 0.5) is 11.4 Å². The van der Waals surface area contributed by atoms with Crippen molar-refractivity contribution in [3.63, 3.8) is 0 Å². The van der Waals surface area contributed by atoms with Gasteiger partial charge in [0.2, 0.25) is 5.91 Å². The summed E-state index contributed by atoms with van der Waals surface area (Å²) in [5.74, 6) is -0.237. The fraction of sp³-hybridized carbons (Fsp3) is 0.0833. The number of hydrogen-bond acceptors (Lipinski definition) is 4. The van der Waals surface area contributed by atoms with Gasteiger partial charge in [0, 0.05) is 41.1 Å². The molecule has 0 unspecified atom stereocenters. The Kier molecular flexibility index (Phi) is 4.44. The van der Waals surface area contributed by atoms with Crippen LogP contribution < -0.4 is 10.6 Å². The van der Waals surface area contributed by atoms with Gasteiger partial charge in [-0.25, -0.2) is 4.98 Å². The van der Waals surface area contributed by atoms with Gasteiger partial charge in [-0.3, -0.25) is 14.6 Å². The number of para-hydroxylation sites is 1. The van der Waals surface area contributed by atoms with Crippen LogP contribution in [-0.2, 0) is 11.2 Å². The molecule has 4 aromatic rings. The summed E-state index contributed by atoms with van der Waals surface area (Å²) in [6.45, 7) is 0. The van der Waals surface area contributed by atoms with Crippen molar-refractivity contribution in [3.05, 3.63) is 84.2 Å². The monoisotopic (exact) mass is 394 g/mol. The van der Waals surface area contributed by atoms with Gasteiger partial charge in [0.05, 0.1) is 16.8 Å². The van der Waals surface area contributed by atoms with Gasteiger partial charge in [-0.05, 0) is 48.4 Å². The fourth-order valence-electron chi connectivity index (χ4n) is 3.68. The highest BCUT2D eigenvalue weighted by Crippen LogP contribution is 2.28. The lowest BCUT2D eigenvalue weighted by Gasteiger charge is -2.18. The van der Waals surface area contributed by atoms with Gasteiger partial charge in [-0.15, -0.1) is 0 Å². The molecule has 0 fully saturated rings. The molecule has 0 saturated heterocycles. The lowest BCUT2D eigenvalue weighted by molar-refractivity contribution is -0.116. The van der Waals surface area contributed by atoms with E-state index < -0.39 is 0 Å². The number of amides is 2. The molecule has 0 bridgehead atoms. The maximum atomic E-state index is 13.2. The second-order valence-corrected chi connectivity index (χ2v) is 7.18. The second kappa shape index (κ2) is 7.40. The summed E-state index contributed by atoms with van der Waals surface area (Å²) in [6, 6.07) is 18.7. The maximum Gasteiger partial charge on any atom is 0.256 e. The van der Waals surface area contributed by atoms with Gasteiger partial charge in [0.25, 0.3) is 5.91 Å². The van der Waals surface area contributed by atoms with Gasteiger partial charge in [-0.2, -0.15) is 0 Å². The van der Waals surface area contributed by atoms with Crippen molar-refractivity contribution in [2.45, 2.75) is 12.8 Å². The minimum absolute atomic E-state index is 0.00639. The molecule has 30 heavy (non-hydrogen) atoms. The van der Waals surface area contributed by atoms with Gasteiger partial charge < -0.3 is 10.6 Å². The number of nitrogens with zero attached hydrogens (tertiary/aromatic N) is 2. The molecule has 146 valence electrons. The van der Waals surface area contributed by atoms with Crippen molar-refractivity contribution in [1.82, 2.24) is 9.97 Å². The molecule has 3 heterocycles. The molecule has 2 aromatic heterocycles. The zero-order valence-electron chi connectivity index (χ0n) is 16.1. The first-order valence-corrected chi connectivity index (χ1v) is 9.72. The van der Waals surface area contributed by atoms with Gasteiger partial charge in [-0.1, -0.05) is 24.3 Å². The first-order valence-electron chi connectivity index (χ1n) is 9.72. The van der Waals surface area contributed by atoms with E-state index in [4.69, 9.17) is 4.98 Å². The highest BCUT2D eigenvalue weighted by Gasteiger charge is 2.17. The molecular formula is C24H18N4O2. The normalized spacial score (nSPS) is 12.9. The number of carbonyl (C=O) groups is 2. The molecule has 6 heteroatoms. The van der Waals surface area contributed by atoms with Crippen LogP contribution in [0.15, 0.2) is 73.1 Å². The van der Waals surface area contributed by atoms with E-state index in [1.165, 1.54) is 0 Å². The molecule has 5 rings (SSSR count). The van der Waals surface area contributed by atoms with Crippen LogP contribution in [-0.4, -0.2) is 21.8 Å². The Morgan fingerprint density at radius 2 is 1.80 bits per heavy atom. The summed E-state index contributed by atoms with van der Waals surface area (Å²) in [7, 11) is 0. The second-order valence-electron chi connectivity index (χ2n) is 7.18. The van der Waals surface area contributed by atoms with E-state index in [2.05, 4.69) is 15.6 Å². The lowest BCUT2D eigenvalue weighted by Crippen LogP contribution is -2.19. The molecule has 1 aliphatic rings. The Morgan fingerprint density at radius 1 is 0.967 bits per heavy atom. The molecule has 0 radical (unpaired) electrons. The van der Waals surface area contributed by atoms with E-state index in [9.17, 15) is 9.59 Å². The molecule has 0 aliphatic carbocycles. The number of benzene rings is 2. The first kappa shape index (κ1) is 18.0. The van der Waals surface area contributed by atoms with E-state index in [1.54, 1.807) is 24.5 Å². The van der Waals surface area contributed by atoms with Crippen molar-refractivity contribution in [3.8, 4) is 11.3 Å². The van der Waals surface area contributed by atoms with Crippen molar-refractivity contribution in [2.24, 2.45) is 0 Å². The smallest absolute Gasteiger partial charge is 0.256 e.